The van der Waals surface area contributed by atoms with Crippen LogP contribution < -0.4 is 10.6 Å². The summed E-state index contributed by atoms with van der Waals surface area (Å²) >= 11 is 0. The normalized spacial score (nSPS) is 28.1. The van der Waals surface area contributed by atoms with Crippen molar-refractivity contribution in [3.63, 3.8) is 0 Å². The fourth-order valence-corrected chi connectivity index (χ4v) is 2.18. The molecule has 4 heteroatoms. The van der Waals surface area contributed by atoms with Crippen LogP contribution in [-0.2, 0) is 0 Å². The Kier molecular flexibility index (Phi) is 2.88. The molecule has 0 aromatic heterocycles. The molecule has 2 amide bonds. The van der Waals surface area contributed by atoms with Crippen molar-refractivity contribution >= 4 is 6.03 Å². The lowest BCUT2D eigenvalue weighted by molar-refractivity contribution is 0.245. The molecule has 1 atom stereocenters. The van der Waals surface area contributed by atoms with Gasteiger partial charge >= 0.3 is 6.03 Å². The van der Waals surface area contributed by atoms with E-state index in [0.29, 0.717) is 12.1 Å². The topological polar surface area (TPSA) is 41.1 Å². The number of amides is 2. The van der Waals surface area contributed by atoms with E-state index < -0.39 is 5.54 Å². The Balaban J connectivity index is 2.43. The van der Waals surface area contributed by atoms with Crippen LogP contribution in [0.5, 0.6) is 0 Å². The molecular formula is C13H15FN2O. The summed E-state index contributed by atoms with van der Waals surface area (Å²) in [6, 6.07) is -0.264. The van der Waals surface area contributed by atoms with Crippen molar-refractivity contribution in [2.24, 2.45) is 0 Å². The Bertz CT molecular complexity index is 462. The first-order valence-electron chi connectivity index (χ1n) is 5.60. The molecule has 0 aromatic rings. The van der Waals surface area contributed by atoms with Gasteiger partial charge in [-0.1, -0.05) is 31.7 Å². The van der Waals surface area contributed by atoms with E-state index >= 15 is 0 Å². The predicted octanol–water partition coefficient (Wildman–Crippen LogP) is 2.70. The number of carbonyl (C=O) groups excluding carboxylic acids is 1. The number of hydrogen-bond donors (Lipinski definition) is 2. The van der Waals surface area contributed by atoms with E-state index in [9.17, 15) is 9.18 Å². The summed E-state index contributed by atoms with van der Waals surface area (Å²) in [6.07, 6.45) is 7.67. The second kappa shape index (κ2) is 4.20. The van der Waals surface area contributed by atoms with Gasteiger partial charge in [0.05, 0.1) is 0 Å². The average molecular weight is 234 g/mol. The average Bonchev–Trinajstić information content (AvgIpc) is 2.47. The van der Waals surface area contributed by atoms with Crippen molar-refractivity contribution in [1.82, 2.24) is 10.6 Å². The van der Waals surface area contributed by atoms with Crippen LogP contribution in [0.4, 0.5) is 9.18 Å². The van der Waals surface area contributed by atoms with Gasteiger partial charge in [-0.25, -0.2) is 9.18 Å². The van der Waals surface area contributed by atoms with Gasteiger partial charge < -0.3 is 10.6 Å². The highest BCUT2D eigenvalue weighted by Crippen LogP contribution is 2.32. The van der Waals surface area contributed by atoms with Crippen molar-refractivity contribution in [2.75, 3.05) is 0 Å². The number of hydrogen-bond acceptors (Lipinski definition) is 1. The molecular weight excluding hydrogens is 219 g/mol. The van der Waals surface area contributed by atoms with Crippen LogP contribution in [0.15, 0.2) is 48.0 Å². The third-order valence-corrected chi connectivity index (χ3v) is 3.18. The molecule has 0 radical (unpaired) electrons. The van der Waals surface area contributed by atoms with Crippen molar-refractivity contribution < 1.29 is 9.18 Å². The minimum atomic E-state index is -0.630. The highest BCUT2D eigenvalue weighted by Gasteiger charge is 2.41. The van der Waals surface area contributed by atoms with Gasteiger partial charge in [0.15, 0.2) is 0 Å². The van der Waals surface area contributed by atoms with Gasteiger partial charge in [0.1, 0.15) is 11.4 Å². The van der Waals surface area contributed by atoms with Crippen LogP contribution in [0.1, 0.15) is 19.8 Å². The minimum absolute atomic E-state index is 0.189. The molecule has 1 unspecified atom stereocenters. The molecule has 1 aliphatic carbocycles. The summed E-state index contributed by atoms with van der Waals surface area (Å²) in [5.74, 6) is -0.189. The monoisotopic (exact) mass is 234 g/mol. The van der Waals surface area contributed by atoms with Crippen molar-refractivity contribution in [2.45, 2.75) is 25.3 Å². The van der Waals surface area contributed by atoms with Crippen LogP contribution in [0.25, 0.3) is 0 Å². The number of allylic oxidation sites excluding steroid dienone is 4. The lowest BCUT2D eigenvalue weighted by Gasteiger charge is -2.29. The lowest BCUT2D eigenvalue weighted by Crippen LogP contribution is -2.43. The summed E-state index contributed by atoms with van der Waals surface area (Å²) in [7, 11) is 0. The van der Waals surface area contributed by atoms with Gasteiger partial charge in [-0.15, -0.1) is 0 Å². The molecule has 2 rings (SSSR count). The maximum absolute atomic E-state index is 13.1. The van der Waals surface area contributed by atoms with E-state index in [2.05, 4.69) is 17.2 Å². The summed E-state index contributed by atoms with van der Waals surface area (Å²) < 4.78 is 13.1. The summed E-state index contributed by atoms with van der Waals surface area (Å²) in [5, 5.41) is 5.51. The molecule has 1 saturated heterocycles. The van der Waals surface area contributed by atoms with E-state index in [4.69, 9.17) is 0 Å². The van der Waals surface area contributed by atoms with Gasteiger partial charge in [0, 0.05) is 12.1 Å². The van der Waals surface area contributed by atoms with Gasteiger partial charge in [-0.2, -0.15) is 0 Å². The molecule has 0 spiro atoms. The van der Waals surface area contributed by atoms with Crippen LogP contribution in [0, 0.1) is 0 Å². The molecule has 0 aromatic carbocycles. The zero-order valence-corrected chi connectivity index (χ0v) is 9.72. The second-order valence-electron chi connectivity index (χ2n) is 4.16. The van der Waals surface area contributed by atoms with Crippen LogP contribution >= 0.6 is 0 Å². The van der Waals surface area contributed by atoms with Crippen molar-refractivity contribution in [3.8, 4) is 0 Å². The van der Waals surface area contributed by atoms with Crippen molar-refractivity contribution in [3.05, 3.63) is 48.0 Å². The summed E-state index contributed by atoms with van der Waals surface area (Å²) in [4.78, 5) is 11.4. The maximum atomic E-state index is 13.1. The third kappa shape index (κ3) is 1.90. The molecule has 17 heavy (non-hydrogen) atoms. The highest BCUT2D eigenvalue weighted by atomic mass is 19.1. The Morgan fingerprint density at radius 1 is 1.53 bits per heavy atom. The molecule has 2 N–H and O–H groups in total. The summed E-state index contributed by atoms with van der Waals surface area (Å²) in [5.41, 5.74) is 0.821. The third-order valence-electron chi connectivity index (χ3n) is 3.18. The molecule has 0 saturated carbocycles. The number of nitrogens with one attached hydrogen (secondary N) is 2. The molecule has 3 nitrogen and oxygen atoms in total. The Hall–Kier alpha value is -1.84. The Morgan fingerprint density at radius 2 is 2.29 bits per heavy atom. The molecule has 1 heterocycles. The van der Waals surface area contributed by atoms with Gasteiger partial charge in [0.2, 0.25) is 0 Å². The highest BCUT2D eigenvalue weighted by molar-refractivity contribution is 5.83. The first-order chi connectivity index (χ1) is 8.08. The molecule has 1 fully saturated rings. The van der Waals surface area contributed by atoms with Gasteiger partial charge in [0.25, 0.3) is 0 Å². The number of carbonyl (C=O) groups is 1. The van der Waals surface area contributed by atoms with Crippen molar-refractivity contribution in [1.29, 1.82) is 0 Å². The maximum Gasteiger partial charge on any atom is 0.320 e. The number of rotatable bonds is 2. The van der Waals surface area contributed by atoms with E-state index in [1.54, 1.807) is 12.2 Å². The van der Waals surface area contributed by atoms with Crippen LogP contribution in [-0.4, -0.2) is 11.6 Å². The first-order valence-corrected chi connectivity index (χ1v) is 5.60. The molecule has 0 bridgehead atoms. The largest absolute Gasteiger partial charge is 0.323 e. The Morgan fingerprint density at radius 3 is 2.88 bits per heavy atom. The van der Waals surface area contributed by atoms with Crippen LogP contribution in [0.2, 0.25) is 0 Å². The zero-order valence-electron chi connectivity index (χ0n) is 9.72. The zero-order chi connectivity index (χ0) is 12.5. The SMILES string of the molecule is C=C1NC(=O)NC1(CC)C1=CC=C(F)CC=C1. The molecule has 90 valence electrons. The second-order valence-corrected chi connectivity index (χ2v) is 4.16. The molecule has 1 aliphatic heterocycles. The fourth-order valence-electron chi connectivity index (χ4n) is 2.18. The fraction of sp³-hybridized carbons (Fsp3) is 0.308. The van der Waals surface area contributed by atoms with E-state index in [0.717, 1.165) is 5.57 Å². The lowest BCUT2D eigenvalue weighted by atomic mass is 9.84. The van der Waals surface area contributed by atoms with E-state index in [1.165, 1.54) is 6.08 Å². The molecule has 2 aliphatic rings. The minimum Gasteiger partial charge on any atom is -0.323 e. The quantitative estimate of drug-likeness (QED) is 0.757. The summed E-state index contributed by atoms with van der Waals surface area (Å²) in [6.45, 7) is 5.83. The Labute approximate surface area is 99.8 Å². The predicted molar refractivity (Wildman–Crippen MR) is 64.9 cm³/mol. The number of urea groups is 1. The van der Waals surface area contributed by atoms with Gasteiger partial charge in [-0.05, 0) is 18.1 Å². The van der Waals surface area contributed by atoms with E-state index in [-0.39, 0.29) is 18.3 Å². The smallest absolute Gasteiger partial charge is 0.320 e. The number of halogens is 1. The van der Waals surface area contributed by atoms with E-state index in [1.807, 2.05) is 13.0 Å². The van der Waals surface area contributed by atoms with Crippen LogP contribution in [0.3, 0.4) is 0 Å². The van der Waals surface area contributed by atoms with Gasteiger partial charge in [-0.3, -0.25) is 0 Å². The standard InChI is InChI=1S/C13H15FN2O/c1-3-13(9(2)15-12(17)16-13)10-5-4-6-11(14)8-7-10/h4-5,7-8H,2-3,6H2,1H3,(H2,15,16,17). The first kappa shape index (κ1) is 11.6.